The zero-order valence-corrected chi connectivity index (χ0v) is 7.50. The van der Waals surface area contributed by atoms with E-state index in [-0.39, 0.29) is 0 Å². The standard InChI is InChI=1S/C8H7BrN2/c1-10-6-4-7-3-2-5-11-8(7)9/h2-3,5H,4,6H2. The summed E-state index contributed by atoms with van der Waals surface area (Å²) in [6.07, 6.45) is 2.50. The van der Waals surface area contributed by atoms with Crippen molar-refractivity contribution < 1.29 is 0 Å². The summed E-state index contributed by atoms with van der Waals surface area (Å²) >= 11 is 3.31. The summed E-state index contributed by atoms with van der Waals surface area (Å²) in [6, 6.07) is 3.85. The minimum absolute atomic E-state index is 0.532. The molecule has 0 N–H and O–H groups in total. The topological polar surface area (TPSA) is 17.2 Å². The fourth-order valence-corrected chi connectivity index (χ4v) is 1.23. The molecule has 0 aliphatic rings. The van der Waals surface area contributed by atoms with E-state index in [4.69, 9.17) is 6.57 Å². The molecule has 0 unspecified atom stereocenters. The van der Waals surface area contributed by atoms with E-state index in [0.29, 0.717) is 6.54 Å². The van der Waals surface area contributed by atoms with Crippen molar-refractivity contribution in [1.29, 1.82) is 0 Å². The van der Waals surface area contributed by atoms with Crippen molar-refractivity contribution in [2.75, 3.05) is 6.54 Å². The van der Waals surface area contributed by atoms with Gasteiger partial charge in [-0.25, -0.2) is 11.6 Å². The molecule has 0 spiro atoms. The highest BCUT2D eigenvalue weighted by atomic mass is 79.9. The van der Waals surface area contributed by atoms with Gasteiger partial charge < -0.3 is 4.85 Å². The highest BCUT2D eigenvalue weighted by molar-refractivity contribution is 9.10. The Bertz CT molecular complexity index is 278. The molecule has 0 bridgehead atoms. The first kappa shape index (κ1) is 8.22. The SMILES string of the molecule is [C-]#[N+]CCc1cccnc1Br. The second kappa shape index (κ2) is 4.09. The summed E-state index contributed by atoms with van der Waals surface area (Å²) in [5.41, 5.74) is 1.10. The van der Waals surface area contributed by atoms with Crippen LogP contribution in [-0.2, 0) is 6.42 Å². The largest absolute Gasteiger partial charge is 0.317 e. The molecule has 0 saturated carbocycles. The maximum absolute atomic E-state index is 6.61. The highest BCUT2D eigenvalue weighted by Gasteiger charge is 1.99. The van der Waals surface area contributed by atoms with E-state index in [0.717, 1.165) is 16.6 Å². The molecule has 11 heavy (non-hydrogen) atoms. The summed E-state index contributed by atoms with van der Waals surface area (Å²) < 4.78 is 0.851. The molecule has 2 nitrogen and oxygen atoms in total. The minimum atomic E-state index is 0.532. The van der Waals surface area contributed by atoms with Gasteiger partial charge in [0.15, 0.2) is 0 Å². The number of nitrogens with zero attached hydrogens (tertiary/aromatic N) is 2. The van der Waals surface area contributed by atoms with Gasteiger partial charge in [-0.3, -0.25) is 0 Å². The van der Waals surface area contributed by atoms with Crippen LogP contribution in [0, 0.1) is 6.57 Å². The molecule has 56 valence electrons. The van der Waals surface area contributed by atoms with Crippen molar-refractivity contribution in [2.24, 2.45) is 0 Å². The molecule has 0 radical (unpaired) electrons. The number of halogens is 1. The second-order valence-electron chi connectivity index (χ2n) is 2.09. The lowest BCUT2D eigenvalue weighted by atomic mass is 10.2. The molecule has 0 saturated heterocycles. The lowest BCUT2D eigenvalue weighted by Crippen LogP contribution is -1.90. The zero-order valence-electron chi connectivity index (χ0n) is 5.92. The van der Waals surface area contributed by atoms with Crippen LogP contribution in [0.15, 0.2) is 22.9 Å². The summed E-state index contributed by atoms with van der Waals surface area (Å²) in [5, 5.41) is 0. The Kier molecular flexibility index (Phi) is 3.06. The van der Waals surface area contributed by atoms with E-state index in [9.17, 15) is 0 Å². The Morgan fingerprint density at radius 1 is 1.64 bits per heavy atom. The van der Waals surface area contributed by atoms with E-state index >= 15 is 0 Å². The van der Waals surface area contributed by atoms with Gasteiger partial charge >= 0.3 is 0 Å². The third kappa shape index (κ3) is 2.32. The lowest BCUT2D eigenvalue weighted by molar-refractivity contribution is 1.04. The van der Waals surface area contributed by atoms with E-state index in [1.807, 2.05) is 12.1 Å². The van der Waals surface area contributed by atoms with E-state index < -0.39 is 0 Å². The fraction of sp³-hybridized carbons (Fsp3) is 0.250. The summed E-state index contributed by atoms with van der Waals surface area (Å²) in [5.74, 6) is 0. The molecule has 0 aromatic carbocycles. The monoisotopic (exact) mass is 210 g/mol. The molecular weight excluding hydrogens is 204 g/mol. The number of hydrogen-bond acceptors (Lipinski definition) is 1. The first-order valence-corrected chi connectivity index (χ1v) is 4.06. The number of hydrogen-bond donors (Lipinski definition) is 0. The van der Waals surface area contributed by atoms with Crippen LogP contribution in [0.4, 0.5) is 0 Å². The van der Waals surface area contributed by atoms with Gasteiger partial charge in [-0.05, 0) is 27.6 Å². The van der Waals surface area contributed by atoms with Crippen molar-refractivity contribution in [2.45, 2.75) is 6.42 Å². The quantitative estimate of drug-likeness (QED) is 0.541. The van der Waals surface area contributed by atoms with E-state index in [1.54, 1.807) is 6.20 Å². The average Bonchev–Trinajstić information content (AvgIpc) is 2.03. The summed E-state index contributed by atoms with van der Waals surface area (Å²) in [6.45, 7) is 7.14. The van der Waals surface area contributed by atoms with Gasteiger partial charge in [0.2, 0.25) is 6.54 Å². The van der Waals surface area contributed by atoms with Gasteiger partial charge in [-0.15, -0.1) is 0 Å². The van der Waals surface area contributed by atoms with Crippen LogP contribution in [0.3, 0.4) is 0 Å². The van der Waals surface area contributed by atoms with Crippen LogP contribution >= 0.6 is 15.9 Å². The van der Waals surface area contributed by atoms with Crippen molar-refractivity contribution in [3.05, 3.63) is 39.9 Å². The average molecular weight is 211 g/mol. The van der Waals surface area contributed by atoms with Crippen molar-refractivity contribution in [3.8, 4) is 0 Å². The molecule has 0 fully saturated rings. The van der Waals surface area contributed by atoms with Gasteiger partial charge in [0.25, 0.3) is 0 Å². The Labute approximate surface area is 74.2 Å². The molecule has 0 aliphatic carbocycles. The smallest absolute Gasteiger partial charge is 0.218 e. The van der Waals surface area contributed by atoms with Crippen molar-refractivity contribution >= 4 is 15.9 Å². The molecule has 3 heteroatoms. The first-order chi connectivity index (χ1) is 5.34. The van der Waals surface area contributed by atoms with E-state index in [2.05, 4.69) is 25.8 Å². The van der Waals surface area contributed by atoms with Crippen LogP contribution in [-0.4, -0.2) is 11.5 Å². The van der Waals surface area contributed by atoms with E-state index in [1.165, 1.54) is 0 Å². The predicted octanol–water partition coefficient (Wildman–Crippen LogP) is 2.31. The predicted molar refractivity (Wildman–Crippen MR) is 47.1 cm³/mol. The Hall–Kier alpha value is -0.880. The summed E-state index contributed by atoms with van der Waals surface area (Å²) in [7, 11) is 0. The molecule has 0 amide bonds. The van der Waals surface area contributed by atoms with Crippen molar-refractivity contribution in [1.82, 2.24) is 4.98 Å². The van der Waals surface area contributed by atoms with Crippen molar-refractivity contribution in [3.63, 3.8) is 0 Å². The Morgan fingerprint density at radius 2 is 2.45 bits per heavy atom. The Balaban J connectivity index is 2.71. The molecule has 1 heterocycles. The van der Waals surface area contributed by atoms with Crippen LogP contribution in [0.25, 0.3) is 4.85 Å². The Morgan fingerprint density at radius 3 is 3.09 bits per heavy atom. The summed E-state index contributed by atoms with van der Waals surface area (Å²) in [4.78, 5) is 7.32. The van der Waals surface area contributed by atoms with Gasteiger partial charge in [0.1, 0.15) is 4.60 Å². The molecule has 1 aromatic rings. The van der Waals surface area contributed by atoms with Gasteiger partial charge in [-0.1, -0.05) is 6.07 Å². The van der Waals surface area contributed by atoms with Crippen LogP contribution < -0.4 is 0 Å². The maximum atomic E-state index is 6.61. The third-order valence-electron chi connectivity index (χ3n) is 1.33. The maximum Gasteiger partial charge on any atom is 0.218 e. The molecule has 0 atom stereocenters. The lowest BCUT2D eigenvalue weighted by Gasteiger charge is -1.96. The van der Waals surface area contributed by atoms with Gasteiger partial charge in [0.05, 0.1) is 0 Å². The van der Waals surface area contributed by atoms with Crippen LogP contribution in [0.2, 0.25) is 0 Å². The normalized spacial score (nSPS) is 9.09. The van der Waals surface area contributed by atoms with Gasteiger partial charge in [0, 0.05) is 12.6 Å². The highest BCUT2D eigenvalue weighted by Crippen LogP contribution is 2.12. The fourth-order valence-electron chi connectivity index (χ4n) is 0.782. The number of aromatic nitrogens is 1. The first-order valence-electron chi connectivity index (χ1n) is 3.27. The van der Waals surface area contributed by atoms with Crippen LogP contribution in [0.5, 0.6) is 0 Å². The zero-order chi connectivity index (χ0) is 8.10. The molecular formula is C8H7BrN2. The number of pyridine rings is 1. The minimum Gasteiger partial charge on any atom is -0.317 e. The number of rotatable bonds is 2. The second-order valence-corrected chi connectivity index (χ2v) is 2.84. The van der Waals surface area contributed by atoms with Gasteiger partial charge in [-0.2, -0.15) is 0 Å². The molecule has 0 aliphatic heterocycles. The molecule has 1 rings (SSSR count). The third-order valence-corrected chi connectivity index (χ3v) is 2.04. The molecule has 1 aromatic heterocycles. The van der Waals surface area contributed by atoms with Crippen LogP contribution in [0.1, 0.15) is 5.56 Å².